The number of hydrogen-bond donors (Lipinski definition) is 2. The molecule has 0 saturated carbocycles. The Morgan fingerprint density at radius 3 is 2.64 bits per heavy atom. The van der Waals surface area contributed by atoms with Crippen LogP contribution in [0.15, 0.2) is 42.6 Å². The summed E-state index contributed by atoms with van der Waals surface area (Å²) in [4.78, 5) is 30.5. The first-order valence-corrected chi connectivity index (χ1v) is 7.84. The van der Waals surface area contributed by atoms with Crippen molar-refractivity contribution in [2.24, 2.45) is 0 Å². The highest BCUT2D eigenvalue weighted by Crippen LogP contribution is 2.23. The van der Waals surface area contributed by atoms with Gasteiger partial charge in [-0.25, -0.2) is 0 Å². The zero-order chi connectivity index (χ0) is 18.2. The summed E-state index contributed by atoms with van der Waals surface area (Å²) in [6, 6.07) is 10.1. The summed E-state index contributed by atoms with van der Waals surface area (Å²) >= 11 is 0. The fraction of sp³-hybridized carbons (Fsp3) is 0.278. The second-order valence-electron chi connectivity index (χ2n) is 5.64. The van der Waals surface area contributed by atoms with Crippen LogP contribution in [0.25, 0.3) is 0 Å². The maximum absolute atomic E-state index is 12.4. The summed E-state index contributed by atoms with van der Waals surface area (Å²) in [5.74, 6) is -0.0883. The van der Waals surface area contributed by atoms with E-state index in [4.69, 9.17) is 4.74 Å². The molecule has 0 unspecified atom stereocenters. The first-order valence-electron chi connectivity index (χ1n) is 7.84. The van der Waals surface area contributed by atoms with Crippen molar-refractivity contribution in [2.45, 2.75) is 0 Å². The van der Waals surface area contributed by atoms with Gasteiger partial charge in [-0.1, -0.05) is 12.1 Å². The van der Waals surface area contributed by atoms with E-state index in [1.165, 1.54) is 19.4 Å². The number of likely N-dealkylation sites (N-methyl/N-ethyl adjacent to an activating group) is 1. The van der Waals surface area contributed by atoms with Gasteiger partial charge in [0, 0.05) is 24.8 Å². The van der Waals surface area contributed by atoms with Gasteiger partial charge in [-0.15, -0.1) is 0 Å². The van der Waals surface area contributed by atoms with E-state index in [1.807, 2.05) is 25.1 Å². The molecule has 7 nitrogen and oxygen atoms in total. The highest BCUT2D eigenvalue weighted by molar-refractivity contribution is 6.06. The molecule has 1 aromatic carbocycles. The van der Waals surface area contributed by atoms with Gasteiger partial charge in [0.15, 0.2) is 0 Å². The van der Waals surface area contributed by atoms with Crippen LogP contribution in [0.4, 0.5) is 5.69 Å². The SMILES string of the molecule is COc1ccccc1NC(=O)c1ccnc(C(=O)NCCN(C)C)c1. The van der Waals surface area contributed by atoms with E-state index in [0.29, 0.717) is 23.5 Å². The first kappa shape index (κ1) is 18.4. The second kappa shape index (κ2) is 8.79. The van der Waals surface area contributed by atoms with Gasteiger partial charge >= 0.3 is 0 Å². The monoisotopic (exact) mass is 342 g/mol. The number of rotatable bonds is 7. The van der Waals surface area contributed by atoms with Crippen molar-refractivity contribution in [3.63, 3.8) is 0 Å². The number of benzene rings is 1. The lowest BCUT2D eigenvalue weighted by atomic mass is 10.2. The van der Waals surface area contributed by atoms with Crippen molar-refractivity contribution in [1.82, 2.24) is 15.2 Å². The van der Waals surface area contributed by atoms with Crippen molar-refractivity contribution >= 4 is 17.5 Å². The van der Waals surface area contributed by atoms with Crippen LogP contribution in [-0.4, -0.2) is 56.0 Å². The Labute approximate surface area is 147 Å². The number of para-hydroxylation sites is 2. The van der Waals surface area contributed by atoms with Crippen molar-refractivity contribution in [3.05, 3.63) is 53.9 Å². The van der Waals surface area contributed by atoms with E-state index in [0.717, 1.165) is 6.54 Å². The molecule has 1 heterocycles. The molecule has 0 aliphatic rings. The molecule has 0 bridgehead atoms. The molecule has 0 radical (unpaired) electrons. The fourth-order valence-corrected chi connectivity index (χ4v) is 2.12. The Hall–Kier alpha value is -2.93. The summed E-state index contributed by atoms with van der Waals surface area (Å²) in [5.41, 5.74) is 1.11. The zero-order valence-electron chi connectivity index (χ0n) is 14.6. The van der Waals surface area contributed by atoms with Gasteiger partial charge in [0.1, 0.15) is 11.4 Å². The predicted molar refractivity (Wildman–Crippen MR) is 96.1 cm³/mol. The number of aromatic nitrogens is 1. The Balaban J connectivity index is 2.07. The lowest BCUT2D eigenvalue weighted by molar-refractivity contribution is 0.0946. The number of amides is 2. The molecule has 2 N–H and O–H groups in total. The van der Waals surface area contributed by atoms with Crippen molar-refractivity contribution < 1.29 is 14.3 Å². The summed E-state index contributed by atoms with van der Waals surface area (Å²) < 4.78 is 5.21. The highest BCUT2D eigenvalue weighted by atomic mass is 16.5. The third kappa shape index (κ3) is 5.29. The fourth-order valence-electron chi connectivity index (χ4n) is 2.12. The molecule has 1 aromatic heterocycles. The van der Waals surface area contributed by atoms with Crippen LogP contribution in [-0.2, 0) is 0 Å². The lowest BCUT2D eigenvalue weighted by Gasteiger charge is -2.11. The van der Waals surface area contributed by atoms with Gasteiger partial charge in [0.25, 0.3) is 11.8 Å². The average molecular weight is 342 g/mol. The summed E-state index contributed by atoms with van der Waals surface area (Å²) in [6.07, 6.45) is 1.44. The van der Waals surface area contributed by atoms with Crippen LogP contribution in [0.2, 0.25) is 0 Å². The third-order valence-corrected chi connectivity index (χ3v) is 3.45. The molecule has 0 atom stereocenters. The van der Waals surface area contributed by atoms with Gasteiger partial charge in [0.2, 0.25) is 0 Å². The molecule has 0 saturated heterocycles. The quantitative estimate of drug-likeness (QED) is 0.799. The number of hydrogen-bond acceptors (Lipinski definition) is 5. The minimum atomic E-state index is -0.339. The number of carbonyl (C=O) groups excluding carboxylic acids is 2. The van der Waals surface area contributed by atoms with Crippen LogP contribution in [0, 0.1) is 0 Å². The van der Waals surface area contributed by atoms with Gasteiger partial charge in [-0.2, -0.15) is 0 Å². The topological polar surface area (TPSA) is 83.6 Å². The molecular formula is C18H22N4O3. The minimum absolute atomic E-state index is 0.200. The number of methoxy groups -OCH3 is 1. The normalized spacial score (nSPS) is 10.4. The Morgan fingerprint density at radius 2 is 1.92 bits per heavy atom. The molecule has 0 aliphatic heterocycles. The van der Waals surface area contributed by atoms with Crippen LogP contribution in [0.1, 0.15) is 20.8 Å². The molecule has 25 heavy (non-hydrogen) atoms. The average Bonchev–Trinajstić information content (AvgIpc) is 2.61. The predicted octanol–water partition coefficient (Wildman–Crippen LogP) is 1.63. The summed E-state index contributed by atoms with van der Waals surface area (Å²) in [6.45, 7) is 1.23. The van der Waals surface area contributed by atoms with E-state index >= 15 is 0 Å². The Kier molecular flexibility index (Phi) is 6.47. The van der Waals surface area contributed by atoms with E-state index in [-0.39, 0.29) is 17.5 Å². The maximum Gasteiger partial charge on any atom is 0.269 e. The van der Waals surface area contributed by atoms with Crippen LogP contribution in [0.5, 0.6) is 5.75 Å². The number of carbonyl (C=O) groups is 2. The van der Waals surface area contributed by atoms with E-state index in [1.54, 1.807) is 24.3 Å². The van der Waals surface area contributed by atoms with E-state index < -0.39 is 0 Å². The smallest absolute Gasteiger partial charge is 0.269 e. The molecule has 0 aliphatic carbocycles. The van der Waals surface area contributed by atoms with Gasteiger partial charge in [0.05, 0.1) is 12.8 Å². The van der Waals surface area contributed by atoms with Crippen molar-refractivity contribution in [1.29, 1.82) is 0 Å². The number of ether oxygens (including phenoxy) is 1. The number of anilines is 1. The molecular weight excluding hydrogens is 320 g/mol. The third-order valence-electron chi connectivity index (χ3n) is 3.45. The van der Waals surface area contributed by atoms with E-state index in [2.05, 4.69) is 15.6 Å². The highest BCUT2D eigenvalue weighted by Gasteiger charge is 2.13. The molecule has 0 fully saturated rings. The minimum Gasteiger partial charge on any atom is -0.495 e. The largest absolute Gasteiger partial charge is 0.495 e. The van der Waals surface area contributed by atoms with Crippen LogP contribution < -0.4 is 15.4 Å². The van der Waals surface area contributed by atoms with Gasteiger partial charge in [-0.3, -0.25) is 14.6 Å². The Bertz CT molecular complexity index is 747. The molecule has 0 spiro atoms. The first-order chi connectivity index (χ1) is 12.0. The molecule has 2 aromatic rings. The summed E-state index contributed by atoms with van der Waals surface area (Å²) in [5, 5.41) is 5.54. The van der Waals surface area contributed by atoms with Crippen molar-refractivity contribution in [2.75, 3.05) is 39.6 Å². The number of pyridine rings is 1. The van der Waals surface area contributed by atoms with Gasteiger partial charge in [-0.05, 0) is 38.4 Å². The maximum atomic E-state index is 12.4. The Morgan fingerprint density at radius 1 is 1.16 bits per heavy atom. The standard InChI is InChI=1S/C18H22N4O3/c1-22(2)11-10-20-18(24)15-12-13(8-9-19-15)17(23)21-14-6-4-5-7-16(14)25-3/h4-9,12H,10-11H2,1-3H3,(H,20,24)(H,21,23). The lowest BCUT2D eigenvalue weighted by Crippen LogP contribution is -2.32. The second-order valence-corrected chi connectivity index (χ2v) is 5.64. The van der Waals surface area contributed by atoms with Gasteiger partial charge < -0.3 is 20.3 Å². The molecule has 132 valence electrons. The molecule has 2 amide bonds. The zero-order valence-corrected chi connectivity index (χ0v) is 14.6. The molecule has 2 rings (SSSR count). The molecule has 7 heteroatoms. The number of nitrogens with zero attached hydrogens (tertiary/aromatic N) is 2. The van der Waals surface area contributed by atoms with Crippen molar-refractivity contribution in [3.8, 4) is 5.75 Å². The van der Waals surface area contributed by atoms with Crippen LogP contribution >= 0.6 is 0 Å². The van der Waals surface area contributed by atoms with E-state index in [9.17, 15) is 9.59 Å². The summed E-state index contributed by atoms with van der Waals surface area (Å²) in [7, 11) is 5.38. The number of nitrogens with one attached hydrogen (secondary N) is 2. The van der Waals surface area contributed by atoms with Crippen LogP contribution in [0.3, 0.4) is 0 Å².